The fourth-order valence-electron chi connectivity index (χ4n) is 2.45. The fraction of sp³-hybridized carbons (Fsp3) is 0.167. The number of rotatable bonds is 5. The Balaban J connectivity index is 1.78. The number of aromatic nitrogens is 3. The highest BCUT2D eigenvalue weighted by molar-refractivity contribution is 9.10. The Kier molecular flexibility index (Phi) is 5.05. The Labute approximate surface area is 148 Å². The Morgan fingerprint density at radius 1 is 1.25 bits per heavy atom. The summed E-state index contributed by atoms with van der Waals surface area (Å²) in [6, 6.07) is 11.4. The van der Waals surface area contributed by atoms with Crippen molar-refractivity contribution >= 4 is 21.8 Å². The molecular weight excluding hydrogens is 368 g/mol. The minimum atomic E-state index is -0.117. The van der Waals surface area contributed by atoms with Crippen LogP contribution in [0.25, 0.3) is 5.82 Å². The largest absolute Gasteiger partial charge is 0.345 e. The summed E-state index contributed by atoms with van der Waals surface area (Å²) >= 11 is 3.43. The van der Waals surface area contributed by atoms with Gasteiger partial charge in [-0.25, -0.2) is 9.97 Å². The van der Waals surface area contributed by atoms with E-state index in [1.165, 1.54) is 0 Å². The van der Waals surface area contributed by atoms with E-state index in [9.17, 15) is 4.79 Å². The number of halogens is 1. The Morgan fingerprint density at radius 3 is 2.71 bits per heavy atom. The van der Waals surface area contributed by atoms with Crippen molar-refractivity contribution in [1.29, 1.82) is 0 Å². The molecule has 0 saturated carbocycles. The van der Waals surface area contributed by atoms with Gasteiger partial charge in [0.05, 0.1) is 6.04 Å². The van der Waals surface area contributed by atoms with Gasteiger partial charge in [0.25, 0.3) is 5.91 Å². The highest BCUT2D eigenvalue weighted by atomic mass is 79.9. The van der Waals surface area contributed by atoms with Crippen LogP contribution in [0.15, 0.2) is 65.8 Å². The van der Waals surface area contributed by atoms with Crippen LogP contribution in [0.4, 0.5) is 0 Å². The summed E-state index contributed by atoms with van der Waals surface area (Å²) in [6.45, 7) is 2.05. The van der Waals surface area contributed by atoms with Gasteiger partial charge in [0, 0.05) is 28.6 Å². The summed E-state index contributed by atoms with van der Waals surface area (Å²) in [7, 11) is 0. The molecule has 0 aliphatic carbocycles. The molecule has 6 heteroatoms. The first-order valence-electron chi connectivity index (χ1n) is 7.68. The third kappa shape index (κ3) is 3.71. The molecule has 24 heavy (non-hydrogen) atoms. The molecule has 5 nitrogen and oxygen atoms in total. The number of pyridine rings is 1. The smallest absolute Gasteiger partial charge is 0.251 e. The van der Waals surface area contributed by atoms with Crippen molar-refractivity contribution in [1.82, 2.24) is 19.9 Å². The molecule has 1 amide bonds. The van der Waals surface area contributed by atoms with Crippen molar-refractivity contribution in [3.8, 4) is 5.82 Å². The van der Waals surface area contributed by atoms with Crippen LogP contribution in [0.1, 0.15) is 35.3 Å². The van der Waals surface area contributed by atoms with Crippen molar-refractivity contribution in [2.45, 2.75) is 19.4 Å². The molecule has 0 radical (unpaired) electrons. The van der Waals surface area contributed by atoms with Crippen molar-refractivity contribution in [3.05, 3.63) is 76.9 Å². The molecule has 3 rings (SSSR count). The average Bonchev–Trinajstić information content (AvgIpc) is 3.15. The molecule has 1 aromatic carbocycles. The number of carbonyl (C=O) groups is 1. The van der Waals surface area contributed by atoms with E-state index >= 15 is 0 Å². The summed E-state index contributed by atoms with van der Waals surface area (Å²) in [6.07, 6.45) is 7.56. The molecule has 0 saturated heterocycles. The molecule has 1 unspecified atom stereocenters. The van der Waals surface area contributed by atoms with Crippen LogP contribution in [-0.4, -0.2) is 20.4 Å². The summed E-state index contributed by atoms with van der Waals surface area (Å²) < 4.78 is 2.79. The quantitative estimate of drug-likeness (QED) is 0.725. The lowest BCUT2D eigenvalue weighted by atomic mass is 10.0. The Bertz CT molecular complexity index is 815. The van der Waals surface area contributed by atoms with Gasteiger partial charge in [-0.1, -0.05) is 35.0 Å². The molecule has 0 aliphatic heterocycles. The van der Waals surface area contributed by atoms with Crippen LogP contribution >= 0.6 is 15.9 Å². The van der Waals surface area contributed by atoms with Gasteiger partial charge in [-0.2, -0.15) is 0 Å². The highest BCUT2D eigenvalue weighted by Crippen LogP contribution is 2.20. The number of imidazole rings is 1. The van der Waals surface area contributed by atoms with Gasteiger partial charge in [0.15, 0.2) is 0 Å². The van der Waals surface area contributed by atoms with E-state index in [0.717, 1.165) is 16.5 Å². The maximum absolute atomic E-state index is 12.6. The lowest BCUT2D eigenvalue weighted by Gasteiger charge is -2.18. The van der Waals surface area contributed by atoms with Gasteiger partial charge >= 0.3 is 0 Å². The van der Waals surface area contributed by atoms with Gasteiger partial charge in [0.1, 0.15) is 12.1 Å². The first-order valence-corrected chi connectivity index (χ1v) is 8.47. The van der Waals surface area contributed by atoms with Crippen LogP contribution in [0.2, 0.25) is 0 Å². The minimum absolute atomic E-state index is 0.0320. The van der Waals surface area contributed by atoms with Gasteiger partial charge in [-0.3, -0.25) is 9.36 Å². The maximum atomic E-state index is 12.6. The topological polar surface area (TPSA) is 59.8 Å². The third-order valence-corrected chi connectivity index (χ3v) is 4.29. The molecule has 1 N–H and O–H groups in total. The predicted molar refractivity (Wildman–Crippen MR) is 96.0 cm³/mol. The number of hydrogen-bond acceptors (Lipinski definition) is 3. The number of hydrogen-bond donors (Lipinski definition) is 1. The number of nitrogens with one attached hydrogen (secondary N) is 1. The van der Waals surface area contributed by atoms with Crippen LogP contribution in [0.3, 0.4) is 0 Å². The van der Waals surface area contributed by atoms with E-state index in [1.54, 1.807) is 41.6 Å². The van der Waals surface area contributed by atoms with Crippen LogP contribution in [-0.2, 0) is 0 Å². The molecule has 0 spiro atoms. The number of amides is 1. The normalized spacial score (nSPS) is 11.9. The zero-order valence-corrected chi connectivity index (χ0v) is 14.8. The molecule has 3 aromatic rings. The molecular formula is C18H17BrN4O. The van der Waals surface area contributed by atoms with E-state index in [-0.39, 0.29) is 11.9 Å². The lowest BCUT2D eigenvalue weighted by Crippen LogP contribution is -2.28. The second-order valence-electron chi connectivity index (χ2n) is 5.36. The fourth-order valence-corrected chi connectivity index (χ4v) is 2.72. The zero-order chi connectivity index (χ0) is 16.9. The van der Waals surface area contributed by atoms with Crippen LogP contribution < -0.4 is 5.32 Å². The minimum Gasteiger partial charge on any atom is -0.345 e. The third-order valence-electron chi connectivity index (χ3n) is 3.76. The number of carbonyl (C=O) groups excluding carboxylic acids is 1. The van der Waals surface area contributed by atoms with E-state index in [4.69, 9.17) is 0 Å². The Hall–Kier alpha value is -2.47. The first-order chi connectivity index (χ1) is 11.7. The molecule has 2 heterocycles. The SMILES string of the molecule is CCC(NC(=O)c1ccnc(-n2ccnc2)c1)c1ccc(Br)cc1. The van der Waals surface area contributed by atoms with E-state index in [0.29, 0.717) is 11.4 Å². The molecule has 122 valence electrons. The number of benzene rings is 1. The molecule has 0 fully saturated rings. The first kappa shape index (κ1) is 16.4. The zero-order valence-electron chi connectivity index (χ0n) is 13.2. The average molecular weight is 385 g/mol. The van der Waals surface area contributed by atoms with Gasteiger partial charge in [-0.05, 0) is 36.2 Å². The van der Waals surface area contributed by atoms with Crippen LogP contribution in [0, 0.1) is 0 Å². The van der Waals surface area contributed by atoms with E-state index in [1.807, 2.05) is 24.3 Å². The van der Waals surface area contributed by atoms with Crippen molar-refractivity contribution in [2.75, 3.05) is 0 Å². The number of nitrogens with zero attached hydrogens (tertiary/aromatic N) is 3. The van der Waals surface area contributed by atoms with E-state index in [2.05, 4.69) is 38.1 Å². The van der Waals surface area contributed by atoms with Gasteiger partial charge < -0.3 is 5.32 Å². The van der Waals surface area contributed by atoms with E-state index < -0.39 is 0 Å². The maximum Gasteiger partial charge on any atom is 0.251 e. The second kappa shape index (κ2) is 7.40. The van der Waals surface area contributed by atoms with Crippen molar-refractivity contribution in [3.63, 3.8) is 0 Å². The van der Waals surface area contributed by atoms with Gasteiger partial charge in [-0.15, -0.1) is 0 Å². The molecule has 0 bridgehead atoms. The monoisotopic (exact) mass is 384 g/mol. The Morgan fingerprint density at radius 2 is 2.04 bits per heavy atom. The summed E-state index contributed by atoms with van der Waals surface area (Å²) in [5.74, 6) is 0.547. The van der Waals surface area contributed by atoms with Crippen LogP contribution in [0.5, 0.6) is 0 Å². The molecule has 0 aliphatic rings. The summed E-state index contributed by atoms with van der Waals surface area (Å²) in [4.78, 5) is 20.9. The molecule has 1 atom stereocenters. The second-order valence-corrected chi connectivity index (χ2v) is 6.27. The lowest BCUT2D eigenvalue weighted by molar-refractivity contribution is 0.0935. The van der Waals surface area contributed by atoms with Gasteiger partial charge in [0.2, 0.25) is 0 Å². The molecule has 2 aromatic heterocycles. The summed E-state index contributed by atoms with van der Waals surface area (Å²) in [5.41, 5.74) is 1.65. The highest BCUT2D eigenvalue weighted by Gasteiger charge is 2.15. The predicted octanol–water partition coefficient (Wildman–Crippen LogP) is 3.91. The standard InChI is InChI=1S/C18H17BrN4O/c1-2-16(13-3-5-15(19)6-4-13)22-18(24)14-7-8-21-17(11-14)23-10-9-20-12-23/h3-12,16H,2H2,1H3,(H,22,24). The van der Waals surface area contributed by atoms with Crippen molar-refractivity contribution in [2.24, 2.45) is 0 Å². The summed E-state index contributed by atoms with van der Waals surface area (Å²) in [5, 5.41) is 3.08. The van der Waals surface area contributed by atoms with Crippen molar-refractivity contribution < 1.29 is 4.79 Å².